The van der Waals surface area contributed by atoms with E-state index in [9.17, 15) is 13.8 Å². The number of ether oxygens (including phenoxy) is 1. The van der Waals surface area contributed by atoms with Crippen LogP contribution in [0.2, 0.25) is 0 Å². The maximum Gasteiger partial charge on any atom is 0.308 e. The monoisotopic (exact) mass is 410 g/mol. The highest BCUT2D eigenvalue weighted by atomic mass is 79.9. The topological polar surface area (TPSA) is 85.7 Å². The summed E-state index contributed by atoms with van der Waals surface area (Å²) in [6, 6.07) is 9.88. The van der Waals surface area contributed by atoms with E-state index in [-0.39, 0.29) is 17.2 Å². The predicted molar refractivity (Wildman–Crippen MR) is 93.2 cm³/mol. The maximum atomic E-state index is 12.6. The number of rotatable bonds is 4. The number of carbonyl (C=O) groups excluding carboxylic acids is 2. The number of halogens is 1. The van der Waals surface area contributed by atoms with Crippen LogP contribution in [0.3, 0.4) is 0 Å². The third-order valence-electron chi connectivity index (χ3n) is 2.93. The van der Waals surface area contributed by atoms with Crippen LogP contribution in [-0.4, -0.2) is 27.3 Å². The Morgan fingerprint density at radius 1 is 1.29 bits per heavy atom. The molecule has 126 valence electrons. The minimum Gasteiger partial charge on any atom is -0.426 e. The molecule has 1 atom stereocenters. The van der Waals surface area contributed by atoms with Gasteiger partial charge in [0, 0.05) is 29.4 Å². The number of esters is 1. The molecule has 0 saturated heterocycles. The second-order valence-corrected chi connectivity index (χ2v) is 8.10. The lowest BCUT2D eigenvalue weighted by atomic mass is 10.1. The summed E-state index contributed by atoms with van der Waals surface area (Å²) in [5.41, 5.74) is 0.485. The van der Waals surface area contributed by atoms with Crippen molar-refractivity contribution in [2.45, 2.75) is 18.4 Å². The lowest BCUT2D eigenvalue weighted by Crippen LogP contribution is -2.09. The molecule has 0 spiro atoms. The summed E-state index contributed by atoms with van der Waals surface area (Å²) in [7, 11) is -2.93. The van der Waals surface area contributed by atoms with Gasteiger partial charge < -0.3 is 4.74 Å². The second kappa shape index (κ2) is 7.67. The van der Waals surface area contributed by atoms with Crippen LogP contribution in [0.4, 0.5) is 0 Å². The van der Waals surface area contributed by atoms with Crippen LogP contribution < -0.4 is 4.74 Å². The van der Waals surface area contributed by atoms with Gasteiger partial charge in [0.2, 0.25) is 0 Å². The molecule has 1 amide bonds. The molecule has 1 aromatic heterocycles. The highest BCUT2D eigenvalue weighted by Gasteiger charge is 2.14. The maximum absolute atomic E-state index is 12.6. The number of hydrogen-bond donors (Lipinski definition) is 0. The van der Waals surface area contributed by atoms with Gasteiger partial charge in [-0.05, 0) is 24.3 Å². The van der Waals surface area contributed by atoms with Crippen molar-refractivity contribution in [1.29, 1.82) is 0 Å². The number of pyridine rings is 1. The Morgan fingerprint density at radius 2 is 2.04 bits per heavy atom. The lowest BCUT2D eigenvalue weighted by Gasteiger charge is -2.08. The molecule has 0 fully saturated rings. The fourth-order valence-corrected chi connectivity index (χ4v) is 3.41. The third-order valence-corrected chi connectivity index (χ3v) is 4.99. The van der Waals surface area contributed by atoms with E-state index in [2.05, 4.69) is 25.3 Å². The standard InChI is InChI=1S/C16H15BrN2O4S/c1-11(20)23-14-10-13(17)7-6-12(14)9-15(21)19-24(2,22)16-5-3-4-8-18-16/h3-8,10H,9H2,1-2H3. The Bertz CT molecular complexity index is 890. The molecule has 8 heteroatoms. The number of hydrogen-bond acceptors (Lipinski definition) is 5. The van der Waals surface area contributed by atoms with Gasteiger partial charge in [-0.15, -0.1) is 0 Å². The quantitative estimate of drug-likeness (QED) is 0.571. The van der Waals surface area contributed by atoms with Crippen molar-refractivity contribution in [3.05, 3.63) is 52.6 Å². The lowest BCUT2D eigenvalue weighted by molar-refractivity contribution is -0.132. The van der Waals surface area contributed by atoms with Crippen molar-refractivity contribution in [3.8, 4) is 5.75 Å². The minimum atomic E-state index is -2.93. The highest BCUT2D eigenvalue weighted by molar-refractivity contribution is 9.10. The molecule has 0 N–H and O–H groups in total. The number of aromatic nitrogens is 1. The fourth-order valence-electron chi connectivity index (χ4n) is 1.93. The summed E-state index contributed by atoms with van der Waals surface area (Å²) >= 11 is 3.28. The number of carbonyl (C=O) groups is 2. The summed E-state index contributed by atoms with van der Waals surface area (Å²) in [6.07, 6.45) is 2.72. The van der Waals surface area contributed by atoms with Crippen LogP contribution in [0.25, 0.3) is 0 Å². The first kappa shape index (κ1) is 18.3. The first-order valence-electron chi connectivity index (χ1n) is 6.91. The van der Waals surface area contributed by atoms with Crippen LogP contribution >= 0.6 is 15.9 Å². The Hall–Kier alpha value is -2.06. The molecule has 0 aliphatic carbocycles. The van der Waals surface area contributed by atoms with E-state index < -0.39 is 21.6 Å². The summed E-state index contributed by atoms with van der Waals surface area (Å²) in [4.78, 5) is 27.4. The molecule has 0 bridgehead atoms. The summed E-state index contributed by atoms with van der Waals surface area (Å²) in [5.74, 6) is -0.809. The van der Waals surface area contributed by atoms with E-state index in [1.165, 1.54) is 19.4 Å². The zero-order valence-corrected chi connectivity index (χ0v) is 15.5. The molecule has 1 aromatic carbocycles. The molecule has 2 rings (SSSR count). The Labute approximate surface area is 148 Å². The van der Waals surface area contributed by atoms with Crippen molar-refractivity contribution < 1.29 is 18.5 Å². The van der Waals surface area contributed by atoms with Crippen molar-refractivity contribution in [3.63, 3.8) is 0 Å². The SMILES string of the molecule is CC(=O)Oc1cc(Br)ccc1CC(=O)N=S(C)(=O)c1ccccn1. The van der Waals surface area contributed by atoms with Gasteiger partial charge in [-0.1, -0.05) is 28.1 Å². The molecular weight excluding hydrogens is 396 g/mol. The summed E-state index contributed by atoms with van der Waals surface area (Å²) < 4.78 is 22.2. The Balaban J connectivity index is 2.29. The first-order valence-corrected chi connectivity index (χ1v) is 9.62. The van der Waals surface area contributed by atoms with Crippen molar-refractivity contribution in [2.75, 3.05) is 6.26 Å². The zero-order chi connectivity index (χ0) is 17.7. The molecule has 0 aliphatic heterocycles. The average molecular weight is 411 g/mol. The molecule has 1 unspecified atom stereocenters. The highest BCUT2D eigenvalue weighted by Crippen LogP contribution is 2.25. The van der Waals surface area contributed by atoms with Gasteiger partial charge in [0.05, 0.1) is 16.1 Å². The summed E-state index contributed by atoms with van der Waals surface area (Å²) in [5, 5.41) is 0.245. The van der Waals surface area contributed by atoms with E-state index in [0.29, 0.717) is 10.0 Å². The fraction of sp³-hybridized carbons (Fsp3) is 0.188. The van der Waals surface area contributed by atoms with Gasteiger partial charge in [-0.2, -0.15) is 4.36 Å². The normalized spacial score (nSPS) is 13.0. The Morgan fingerprint density at radius 3 is 2.67 bits per heavy atom. The van der Waals surface area contributed by atoms with Crippen LogP contribution in [0.5, 0.6) is 5.75 Å². The van der Waals surface area contributed by atoms with Gasteiger partial charge in [0.15, 0.2) is 0 Å². The first-order chi connectivity index (χ1) is 11.3. The smallest absolute Gasteiger partial charge is 0.308 e. The van der Waals surface area contributed by atoms with Crippen molar-refractivity contribution in [1.82, 2.24) is 4.98 Å². The average Bonchev–Trinajstić information content (AvgIpc) is 2.50. The zero-order valence-electron chi connectivity index (χ0n) is 13.1. The van der Waals surface area contributed by atoms with E-state index >= 15 is 0 Å². The van der Waals surface area contributed by atoms with Crippen LogP contribution in [0, 0.1) is 0 Å². The van der Waals surface area contributed by atoms with Gasteiger partial charge in [-0.3, -0.25) is 9.59 Å². The second-order valence-electron chi connectivity index (χ2n) is 4.98. The van der Waals surface area contributed by atoms with E-state index in [4.69, 9.17) is 4.74 Å². The largest absolute Gasteiger partial charge is 0.426 e. The third kappa shape index (κ3) is 4.97. The van der Waals surface area contributed by atoms with Gasteiger partial charge in [0.25, 0.3) is 5.91 Å². The predicted octanol–water partition coefficient (Wildman–Crippen LogP) is 3.00. The van der Waals surface area contributed by atoms with Gasteiger partial charge >= 0.3 is 5.97 Å². The molecule has 0 aliphatic rings. The van der Waals surface area contributed by atoms with Gasteiger partial charge in [0.1, 0.15) is 10.8 Å². The molecule has 1 heterocycles. The molecule has 2 aromatic rings. The van der Waals surface area contributed by atoms with Crippen LogP contribution in [-0.2, 0) is 25.7 Å². The van der Waals surface area contributed by atoms with E-state index in [1.54, 1.807) is 36.4 Å². The van der Waals surface area contributed by atoms with Crippen molar-refractivity contribution >= 4 is 37.5 Å². The molecule has 0 radical (unpaired) electrons. The number of nitrogens with zero attached hydrogens (tertiary/aromatic N) is 2. The molecule has 6 nitrogen and oxygen atoms in total. The minimum absolute atomic E-state index is 0.131. The van der Waals surface area contributed by atoms with Crippen molar-refractivity contribution in [2.24, 2.45) is 4.36 Å². The van der Waals surface area contributed by atoms with E-state index in [1.807, 2.05) is 0 Å². The van der Waals surface area contributed by atoms with Crippen LogP contribution in [0.1, 0.15) is 12.5 Å². The van der Waals surface area contributed by atoms with Gasteiger partial charge in [-0.25, -0.2) is 9.19 Å². The molecule has 0 saturated carbocycles. The van der Waals surface area contributed by atoms with Crippen LogP contribution in [0.15, 0.2) is 56.5 Å². The molecule has 24 heavy (non-hydrogen) atoms. The Kier molecular flexibility index (Phi) is 5.84. The molecular formula is C16H15BrN2O4S. The number of amides is 1. The van der Waals surface area contributed by atoms with E-state index in [0.717, 1.165) is 0 Å². The summed E-state index contributed by atoms with van der Waals surface area (Å²) in [6.45, 7) is 1.27. The number of benzene rings is 1.